The molecular formula is C4H2N2Na2O3. The van der Waals surface area contributed by atoms with Gasteiger partial charge in [0.05, 0.1) is 12.2 Å². The summed E-state index contributed by atoms with van der Waals surface area (Å²) in [5.41, 5.74) is -0.435. The van der Waals surface area contributed by atoms with Gasteiger partial charge in [0, 0.05) is 5.56 Å². The number of hydrogen-bond donors (Lipinski definition) is 1. The Bertz CT molecular complexity index is 237. The van der Waals surface area contributed by atoms with Crippen LogP contribution in [0.4, 0.5) is 0 Å². The zero-order valence-corrected chi connectivity index (χ0v) is 10.2. The molecule has 1 aromatic rings. The number of aromatic nitrogens is 2. The minimum absolute atomic E-state index is 0. The molecule has 48 valence electrons. The van der Waals surface area contributed by atoms with E-state index < -0.39 is 17.4 Å². The van der Waals surface area contributed by atoms with Crippen molar-refractivity contribution in [3.8, 4) is 5.88 Å². The molecule has 0 aliphatic carbocycles. The molecule has 0 amide bonds. The number of carboxylic acid groups (broad SMARTS) is 1. The topological polar surface area (TPSA) is 91.9 Å². The first-order chi connectivity index (χ1) is 4.22. The van der Waals surface area contributed by atoms with Crippen LogP contribution in [0.25, 0.3) is 0 Å². The van der Waals surface area contributed by atoms with E-state index in [0.29, 0.717) is 0 Å². The Morgan fingerprint density at radius 2 is 2.09 bits per heavy atom. The summed E-state index contributed by atoms with van der Waals surface area (Å²) in [6.45, 7) is 0. The van der Waals surface area contributed by atoms with Gasteiger partial charge in [0.25, 0.3) is 0 Å². The van der Waals surface area contributed by atoms with Crippen molar-refractivity contribution in [3.63, 3.8) is 0 Å². The second kappa shape index (κ2) is 6.05. The molecule has 7 heteroatoms. The Kier molecular flexibility index (Phi) is 7.71. The van der Waals surface area contributed by atoms with Gasteiger partial charge < -0.3 is 15.0 Å². The predicted octanol–water partition coefficient (Wildman–Crippen LogP) is -8.15. The third-order valence-electron chi connectivity index (χ3n) is 0.824. The molecule has 1 N–H and O–H groups in total. The van der Waals surface area contributed by atoms with Crippen LogP contribution in [0.5, 0.6) is 5.88 Å². The molecule has 1 aromatic heterocycles. The van der Waals surface area contributed by atoms with Gasteiger partial charge in [-0.15, -0.1) is 0 Å². The van der Waals surface area contributed by atoms with E-state index >= 15 is 0 Å². The summed E-state index contributed by atoms with van der Waals surface area (Å²) < 4.78 is 0. The quantitative estimate of drug-likeness (QED) is 0.426. The van der Waals surface area contributed by atoms with Crippen molar-refractivity contribution in [2.24, 2.45) is 0 Å². The molecule has 11 heavy (non-hydrogen) atoms. The molecule has 0 saturated carbocycles. The average Bonchev–Trinajstić information content (AvgIpc) is 2.13. The molecule has 0 aliphatic rings. The standard InChI is InChI=1S/C4H4N2O3.2Na/c7-3-2(4(8)9)1-5-6-3;;/h1H,(H,8,9)(H2,5,6,7);;/q;2*+1/p-2. The molecule has 0 bridgehead atoms. The summed E-state index contributed by atoms with van der Waals surface area (Å²) in [5, 5.41) is 25.3. The van der Waals surface area contributed by atoms with Crippen LogP contribution < -0.4 is 69.3 Å². The molecule has 0 saturated heterocycles. The average molecular weight is 172 g/mol. The van der Waals surface area contributed by atoms with E-state index in [1.807, 2.05) is 5.10 Å². The number of carbonyl (C=O) groups excluding carboxylic acids is 1. The molecule has 0 spiro atoms. The van der Waals surface area contributed by atoms with Crippen molar-refractivity contribution in [1.29, 1.82) is 0 Å². The van der Waals surface area contributed by atoms with Crippen LogP contribution >= 0.6 is 0 Å². The Labute approximate surface area is 107 Å². The summed E-state index contributed by atoms with van der Waals surface area (Å²) in [4.78, 5) is 9.91. The van der Waals surface area contributed by atoms with Gasteiger partial charge in [-0.3, -0.25) is 5.10 Å². The van der Waals surface area contributed by atoms with Crippen molar-refractivity contribution < 1.29 is 74.1 Å². The van der Waals surface area contributed by atoms with Crippen LogP contribution in [0.15, 0.2) is 6.20 Å². The normalized spacial score (nSPS) is 7.64. The summed E-state index contributed by atoms with van der Waals surface area (Å²) in [5.74, 6) is -2.23. The third-order valence-corrected chi connectivity index (χ3v) is 0.824. The van der Waals surface area contributed by atoms with E-state index in [0.717, 1.165) is 6.20 Å². The second-order valence-corrected chi connectivity index (χ2v) is 1.40. The number of carbonyl (C=O) groups is 1. The SMILES string of the molecule is O=C([O-])c1cn[nH]c1[O-].[Na+].[Na+]. The van der Waals surface area contributed by atoms with E-state index in [2.05, 4.69) is 5.10 Å². The van der Waals surface area contributed by atoms with Crippen molar-refractivity contribution in [2.45, 2.75) is 0 Å². The second-order valence-electron chi connectivity index (χ2n) is 1.40. The Morgan fingerprint density at radius 1 is 1.55 bits per heavy atom. The molecule has 0 aromatic carbocycles. The number of hydrogen-bond acceptors (Lipinski definition) is 4. The summed E-state index contributed by atoms with van der Waals surface area (Å²) in [6, 6.07) is 0. The van der Waals surface area contributed by atoms with Crippen molar-refractivity contribution >= 4 is 5.97 Å². The van der Waals surface area contributed by atoms with Gasteiger partial charge in [-0.2, -0.15) is 5.10 Å². The monoisotopic (exact) mass is 172 g/mol. The zero-order valence-electron chi connectivity index (χ0n) is 6.25. The number of nitrogens with zero attached hydrogens (tertiary/aromatic N) is 1. The molecule has 0 atom stereocenters. The van der Waals surface area contributed by atoms with Crippen LogP contribution in [0.2, 0.25) is 0 Å². The number of nitrogens with one attached hydrogen (secondary N) is 1. The van der Waals surface area contributed by atoms with E-state index in [-0.39, 0.29) is 59.1 Å². The van der Waals surface area contributed by atoms with E-state index in [1.54, 1.807) is 0 Å². The number of aromatic carboxylic acids is 1. The van der Waals surface area contributed by atoms with Gasteiger partial charge in [0.2, 0.25) is 0 Å². The first kappa shape index (κ1) is 14.0. The summed E-state index contributed by atoms with van der Waals surface area (Å²) in [7, 11) is 0. The first-order valence-electron chi connectivity index (χ1n) is 2.13. The molecule has 0 unspecified atom stereocenters. The fraction of sp³-hybridized carbons (Fsp3) is 0. The van der Waals surface area contributed by atoms with E-state index in [4.69, 9.17) is 0 Å². The number of H-pyrrole nitrogens is 1. The minimum Gasteiger partial charge on any atom is -0.859 e. The number of carboxylic acids is 1. The summed E-state index contributed by atoms with van der Waals surface area (Å²) >= 11 is 0. The molecule has 1 rings (SSSR count). The maximum atomic E-state index is 10.3. The Balaban J connectivity index is 0. The summed E-state index contributed by atoms with van der Waals surface area (Å²) in [6.07, 6.45) is 0.914. The largest absolute Gasteiger partial charge is 1.00 e. The third kappa shape index (κ3) is 3.59. The maximum Gasteiger partial charge on any atom is 1.00 e. The Hall–Kier alpha value is 0.480. The maximum absolute atomic E-state index is 10.3. The molecule has 0 fully saturated rings. The van der Waals surface area contributed by atoms with Gasteiger partial charge in [-0.25, -0.2) is 0 Å². The van der Waals surface area contributed by atoms with Crippen molar-refractivity contribution in [3.05, 3.63) is 11.8 Å². The molecule has 1 heterocycles. The van der Waals surface area contributed by atoms with Gasteiger partial charge in [-0.1, -0.05) is 0 Å². The predicted molar refractivity (Wildman–Crippen MR) is 22.4 cm³/mol. The van der Waals surface area contributed by atoms with Gasteiger partial charge in [0.15, 0.2) is 0 Å². The fourth-order valence-corrected chi connectivity index (χ4v) is 0.420. The number of aromatic amines is 1. The number of rotatable bonds is 1. The van der Waals surface area contributed by atoms with E-state index in [9.17, 15) is 15.0 Å². The van der Waals surface area contributed by atoms with Crippen LogP contribution in [0, 0.1) is 0 Å². The van der Waals surface area contributed by atoms with Gasteiger partial charge in [-0.05, 0) is 5.88 Å². The van der Waals surface area contributed by atoms with Crippen molar-refractivity contribution in [1.82, 2.24) is 10.2 Å². The first-order valence-corrected chi connectivity index (χ1v) is 2.13. The van der Waals surface area contributed by atoms with Crippen LogP contribution in [0.3, 0.4) is 0 Å². The van der Waals surface area contributed by atoms with E-state index in [1.165, 1.54) is 0 Å². The van der Waals surface area contributed by atoms with Crippen molar-refractivity contribution in [2.75, 3.05) is 0 Å². The Morgan fingerprint density at radius 3 is 2.27 bits per heavy atom. The smallest absolute Gasteiger partial charge is 0.859 e. The van der Waals surface area contributed by atoms with Crippen LogP contribution in [-0.4, -0.2) is 16.2 Å². The molecular weight excluding hydrogens is 170 g/mol. The van der Waals surface area contributed by atoms with Crippen LogP contribution in [0.1, 0.15) is 10.4 Å². The molecule has 0 radical (unpaired) electrons. The van der Waals surface area contributed by atoms with Gasteiger partial charge >= 0.3 is 59.1 Å². The minimum atomic E-state index is -1.51. The zero-order chi connectivity index (χ0) is 6.85. The fourth-order valence-electron chi connectivity index (χ4n) is 0.420. The van der Waals surface area contributed by atoms with Gasteiger partial charge in [0.1, 0.15) is 0 Å². The molecule has 5 nitrogen and oxygen atoms in total. The molecule has 0 aliphatic heterocycles. The van der Waals surface area contributed by atoms with Crippen LogP contribution in [-0.2, 0) is 0 Å².